The second-order valence-corrected chi connectivity index (χ2v) is 6.58. The van der Waals surface area contributed by atoms with Gasteiger partial charge in [0.05, 0.1) is 0 Å². The van der Waals surface area contributed by atoms with Crippen molar-refractivity contribution in [1.29, 1.82) is 0 Å². The van der Waals surface area contributed by atoms with Gasteiger partial charge in [-0.25, -0.2) is 4.98 Å². The van der Waals surface area contributed by atoms with Crippen molar-refractivity contribution in [2.75, 3.05) is 10.6 Å². The van der Waals surface area contributed by atoms with Crippen LogP contribution in [0.3, 0.4) is 0 Å². The number of amides is 2. The Morgan fingerprint density at radius 1 is 1.03 bits per heavy atom. The second-order valence-electron chi connectivity index (χ2n) is 5.58. The Kier molecular flexibility index (Phi) is 5.69. The zero-order valence-electron chi connectivity index (χ0n) is 14.5. The van der Waals surface area contributed by atoms with Crippen molar-refractivity contribution in [2.45, 2.75) is 6.36 Å². The first-order chi connectivity index (χ1) is 13.7. The minimum Gasteiger partial charge on any atom is -0.406 e. The molecule has 11 heteroatoms. The first-order valence-corrected chi connectivity index (χ1v) is 8.83. The number of rotatable bonds is 6. The summed E-state index contributed by atoms with van der Waals surface area (Å²) in [6.45, 7) is 0. The molecule has 0 fully saturated rings. The molecule has 1 aromatic heterocycles. The van der Waals surface area contributed by atoms with Gasteiger partial charge in [0.2, 0.25) is 0 Å². The molecule has 0 atom stereocenters. The number of benzene rings is 2. The monoisotopic (exact) mass is 422 g/mol. The molecule has 0 saturated carbocycles. The molecule has 7 nitrogen and oxygen atoms in total. The van der Waals surface area contributed by atoms with Crippen LogP contribution in [0.15, 0.2) is 54.6 Å². The third-order valence-electron chi connectivity index (χ3n) is 3.46. The number of hydrogen-bond acceptors (Lipinski definition) is 6. The first-order valence-electron chi connectivity index (χ1n) is 8.01. The summed E-state index contributed by atoms with van der Waals surface area (Å²) in [6.07, 6.45) is -4.83. The Bertz CT molecular complexity index is 1020. The molecule has 0 radical (unpaired) electrons. The second kappa shape index (κ2) is 8.19. The maximum Gasteiger partial charge on any atom is 0.573 e. The van der Waals surface area contributed by atoms with Crippen LogP contribution in [0.2, 0.25) is 0 Å². The number of nitrogens with one attached hydrogen (secondary N) is 2. The standard InChI is InChI=1S/C18H13F3N4O3S/c19-18(20,21)28-12-8-6-10(7-9-12)15(27)25-16-13(14(22)26)24-17(29-16)23-11-4-2-1-3-5-11/h1-9H,(H2,22,26)(H,23,24)(H,25,27). The zero-order chi connectivity index (χ0) is 21.0. The summed E-state index contributed by atoms with van der Waals surface area (Å²) < 4.78 is 40.4. The highest BCUT2D eigenvalue weighted by molar-refractivity contribution is 7.20. The Morgan fingerprint density at radius 2 is 1.69 bits per heavy atom. The molecule has 0 spiro atoms. The average molecular weight is 422 g/mol. The summed E-state index contributed by atoms with van der Waals surface area (Å²) in [4.78, 5) is 28.1. The van der Waals surface area contributed by atoms with Gasteiger partial charge in [-0.1, -0.05) is 29.5 Å². The largest absolute Gasteiger partial charge is 0.573 e. The van der Waals surface area contributed by atoms with E-state index in [2.05, 4.69) is 20.4 Å². The highest BCUT2D eigenvalue weighted by Crippen LogP contribution is 2.31. The van der Waals surface area contributed by atoms with Crippen LogP contribution < -0.4 is 21.1 Å². The molecule has 2 amide bonds. The summed E-state index contributed by atoms with van der Waals surface area (Å²) in [7, 11) is 0. The van der Waals surface area contributed by atoms with Gasteiger partial charge in [-0.2, -0.15) is 0 Å². The van der Waals surface area contributed by atoms with Crippen LogP contribution in [0, 0.1) is 0 Å². The van der Waals surface area contributed by atoms with E-state index in [1.54, 1.807) is 24.3 Å². The van der Waals surface area contributed by atoms with Crippen molar-refractivity contribution in [3.63, 3.8) is 0 Å². The molecule has 0 saturated heterocycles. The Balaban J connectivity index is 1.76. The number of hydrogen-bond donors (Lipinski definition) is 3. The van der Waals surface area contributed by atoms with Gasteiger partial charge >= 0.3 is 6.36 Å². The van der Waals surface area contributed by atoms with Gasteiger partial charge < -0.3 is 21.1 Å². The third kappa shape index (κ3) is 5.45. The number of carbonyl (C=O) groups is 2. The number of halogens is 3. The molecule has 3 aromatic rings. The van der Waals surface area contributed by atoms with Gasteiger partial charge in [0.1, 0.15) is 10.8 Å². The quantitative estimate of drug-likeness (QED) is 0.554. The van der Waals surface area contributed by atoms with E-state index in [-0.39, 0.29) is 16.3 Å². The fraction of sp³-hybridized carbons (Fsp3) is 0.0556. The van der Waals surface area contributed by atoms with Crippen LogP contribution in [0.4, 0.5) is 29.0 Å². The minimum atomic E-state index is -4.83. The van der Waals surface area contributed by atoms with Crippen LogP contribution >= 0.6 is 11.3 Å². The lowest BCUT2D eigenvalue weighted by atomic mass is 10.2. The van der Waals surface area contributed by atoms with Gasteiger partial charge in [-0.05, 0) is 36.4 Å². The van der Waals surface area contributed by atoms with Gasteiger partial charge in [-0.15, -0.1) is 13.2 Å². The SMILES string of the molecule is NC(=O)c1nc(Nc2ccccc2)sc1NC(=O)c1ccc(OC(F)(F)F)cc1. The molecule has 0 aliphatic heterocycles. The number of aromatic nitrogens is 1. The predicted molar refractivity (Wildman–Crippen MR) is 101 cm³/mol. The fourth-order valence-electron chi connectivity index (χ4n) is 2.25. The van der Waals surface area contributed by atoms with E-state index < -0.39 is 23.9 Å². The molecule has 4 N–H and O–H groups in total. The number of thiazole rings is 1. The molecular weight excluding hydrogens is 409 g/mol. The summed E-state index contributed by atoms with van der Waals surface area (Å²) in [6, 6.07) is 13.3. The minimum absolute atomic E-state index is 0.0564. The number of anilines is 3. The topological polar surface area (TPSA) is 106 Å². The fourth-order valence-corrected chi connectivity index (χ4v) is 3.14. The predicted octanol–water partition coefficient (Wildman–Crippen LogP) is 4.14. The van der Waals surface area contributed by atoms with Crippen molar-refractivity contribution in [1.82, 2.24) is 4.98 Å². The summed E-state index contributed by atoms with van der Waals surface area (Å²) in [5.41, 5.74) is 5.95. The number of carbonyl (C=O) groups excluding carboxylic acids is 2. The number of alkyl halides is 3. The van der Waals surface area contributed by atoms with Gasteiger partial charge in [-0.3, -0.25) is 9.59 Å². The summed E-state index contributed by atoms with van der Waals surface area (Å²) >= 11 is 0.988. The number of nitrogens with two attached hydrogens (primary N) is 1. The van der Waals surface area contributed by atoms with Crippen molar-refractivity contribution in [3.05, 3.63) is 65.9 Å². The highest BCUT2D eigenvalue weighted by Gasteiger charge is 2.31. The Hall–Kier alpha value is -3.60. The van der Waals surface area contributed by atoms with E-state index in [0.717, 1.165) is 41.3 Å². The van der Waals surface area contributed by atoms with Crippen molar-refractivity contribution in [2.24, 2.45) is 5.73 Å². The van der Waals surface area contributed by atoms with Crippen LogP contribution in [-0.4, -0.2) is 23.2 Å². The Morgan fingerprint density at radius 3 is 2.28 bits per heavy atom. The molecule has 0 unspecified atom stereocenters. The highest BCUT2D eigenvalue weighted by atomic mass is 32.1. The van der Waals surface area contributed by atoms with Crippen LogP contribution in [-0.2, 0) is 0 Å². The smallest absolute Gasteiger partial charge is 0.406 e. The normalized spacial score (nSPS) is 11.0. The molecule has 0 bridgehead atoms. The molecule has 150 valence electrons. The average Bonchev–Trinajstić information content (AvgIpc) is 3.04. The van der Waals surface area contributed by atoms with Crippen molar-refractivity contribution >= 4 is 39.0 Å². The lowest BCUT2D eigenvalue weighted by Gasteiger charge is -2.09. The molecule has 2 aromatic carbocycles. The lowest BCUT2D eigenvalue weighted by Crippen LogP contribution is -2.18. The van der Waals surface area contributed by atoms with E-state index in [1.807, 2.05) is 6.07 Å². The van der Waals surface area contributed by atoms with Gasteiger partial charge in [0.15, 0.2) is 10.8 Å². The van der Waals surface area contributed by atoms with E-state index in [0.29, 0.717) is 5.13 Å². The van der Waals surface area contributed by atoms with Crippen LogP contribution in [0.1, 0.15) is 20.8 Å². The molecule has 0 aliphatic rings. The number of nitrogens with zero attached hydrogens (tertiary/aromatic N) is 1. The maximum absolute atomic E-state index is 12.4. The Labute approximate surface area is 166 Å². The molecular formula is C18H13F3N4O3S. The number of primary amides is 1. The summed E-state index contributed by atoms with van der Waals surface area (Å²) in [5.74, 6) is -1.95. The molecule has 1 heterocycles. The van der Waals surface area contributed by atoms with E-state index in [4.69, 9.17) is 5.73 Å². The molecule has 3 rings (SSSR count). The molecule has 0 aliphatic carbocycles. The van der Waals surface area contributed by atoms with Crippen molar-refractivity contribution in [3.8, 4) is 5.75 Å². The summed E-state index contributed by atoms with van der Waals surface area (Å²) in [5, 5.41) is 5.92. The third-order valence-corrected chi connectivity index (χ3v) is 4.35. The van der Waals surface area contributed by atoms with Gasteiger partial charge in [0.25, 0.3) is 11.8 Å². The van der Waals surface area contributed by atoms with E-state index in [9.17, 15) is 22.8 Å². The number of ether oxygens (including phenoxy) is 1. The first kappa shape index (κ1) is 20.1. The maximum atomic E-state index is 12.4. The van der Waals surface area contributed by atoms with E-state index in [1.165, 1.54) is 0 Å². The van der Waals surface area contributed by atoms with Crippen molar-refractivity contribution < 1.29 is 27.5 Å². The zero-order valence-corrected chi connectivity index (χ0v) is 15.3. The van der Waals surface area contributed by atoms with E-state index >= 15 is 0 Å². The van der Waals surface area contributed by atoms with Gasteiger partial charge in [0, 0.05) is 11.3 Å². The lowest BCUT2D eigenvalue weighted by molar-refractivity contribution is -0.274. The van der Waals surface area contributed by atoms with Crippen LogP contribution in [0.25, 0.3) is 0 Å². The number of para-hydroxylation sites is 1. The molecule has 29 heavy (non-hydrogen) atoms. The van der Waals surface area contributed by atoms with Crippen LogP contribution in [0.5, 0.6) is 5.75 Å².